The standard InChI is InChI=1S/C14H21NO2.C2H6.CH4/c1-13(2,3)15-9-14(10-16-11-14)17-12-7-5-4-6-8-12;1-2;/h4-8,15H,9-11H2,1-3H3;1-2H3;1H4. The molecule has 1 N–H and O–H groups in total. The fourth-order valence-electron chi connectivity index (χ4n) is 1.69. The molecule has 0 bridgehead atoms. The maximum Gasteiger partial charge on any atom is 0.167 e. The van der Waals surface area contributed by atoms with Gasteiger partial charge < -0.3 is 14.8 Å². The molecule has 0 unspecified atom stereocenters. The molecule has 116 valence electrons. The van der Waals surface area contributed by atoms with Crippen LogP contribution in [-0.4, -0.2) is 30.9 Å². The zero-order valence-electron chi connectivity index (χ0n) is 12.8. The highest BCUT2D eigenvalue weighted by Crippen LogP contribution is 2.25. The second-order valence-corrected chi connectivity index (χ2v) is 5.69. The lowest BCUT2D eigenvalue weighted by Crippen LogP contribution is -2.62. The fourth-order valence-corrected chi connectivity index (χ4v) is 1.69. The molecule has 2 rings (SSSR count). The van der Waals surface area contributed by atoms with E-state index in [0.29, 0.717) is 13.2 Å². The van der Waals surface area contributed by atoms with Crippen LogP contribution >= 0.6 is 0 Å². The topological polar surface area (TPSA) is 30.5 Å². The van der Waals surface area contributed by atoms with Crippen molar-refractivity contribution in [2.45, 2.75) is 53.2 Å². The summed E-state index contributed by atoms with van der Waals surface area (Å²) in [5.41, 5.74) is -0.0999. The van der Waals surface area contributed by atoms with Gasteiger partial charge in [0.05, 0.1) is 13.2 Å². The van der Waals surface area contributed by atoms with E-state index < -0.39 is 0 Å². The van der Waals surface area contributed by atoms with Crippen LogP contribution in [0.5, 0.6) is 5.75 Å². The largest absolute Gasteiger partial charge is 0.481 e. The minimum absolute atomic E-state index is 0. The van der Waals surface area contributed by atoms with Crippen LogP contribution in [0.25, 0.3) is 0 Å². The van der Waals surface area contributed by atoms with Crippen molar-refractivity contribution in [1.82, 2.24) is 5.32 Å². The number of nitrogens with one attached hydrogen (secondary N) is 1. The van der Waals surface area contributed by atoms with Gasteiger partial charge in [0.15, 0.2) is 5.60 Å². The van der Waals surface area contributed by atoms with Gasteiger partial charge in [-0.2, -0.15) is 0 Å². The van der Waals surface area contributed by atoms with Gasteiger partial charge in [-0.25, -0.2) is 0 Å². The lowest BCUT2D eigenvalue weighted by molar-refractivity contribution is -0.160. The van der Waals surface area contributed by atoms with Crippen LogP contribution in [0.2, 0.25) is 0 Å². The van der Waals surface area contributed by atoms with E-state index in [-0.39, 0.29) is 18.6 Å². The minimum Gasteiger partial charge on any atom is -0.481 e. The van der Waals surface area contributed by atoms with Gasteiger partial charge in [0.1, 0.15) is 5.75 Å². The van der Waals surface area contributed by atoms with Crippen molar-refractivity contribution in [3.05, 3.63) is 30.3 Å². The summed E-state index contributed by atoms with van der Waals surface area (Å²) in [6.07, 6.45) is 0. The summed E-state index contributed by atoms with van der Waals surface area (Å²) in [6, 6.07) is 9.93. The van der Waals surface area contributed by atoms with Crippen molar-refractivity contribution in [3.8, 4) is 5.75 Å². The molecule has 0 aliphatic carbocycles. The summed E-state index contributed by atoms with van der Waals surface area (Å²) in [7, 11) is 0. The van der Waals surface area contributed by atoms with Crippen LogP contribution in [0.15, 0.2) is 30.3 Å². The number of para-hydroxylation sites is 1. The monoisotopic (exact) mass is 281 g/mol. The van der Waals surface area contributed by atoms with Crippen molar-refractivity contribution in [2.75, 3.05) is 19.8 Å². The second-order valence-electron chi connectivity index (χ2n) is 5.69. The van der Waals surface area contributed by atoms with E-state index in [9.17, 15) is 0 Å². The molecule has 3 nitrogen and oxygen atoms in total. The highest BCUT2D eigenvalue weighted by Gasteiger charge is 2.41. The molecule has 0 spiro atoms. The predicted molar refractivity (Wildman–Crippen MR) is 86.5 cm³/mol. The minimum atomic E-state index is -0.200. The first-order valence-electron chi connectivity index (χ1n) is 7.06. The van der Waals surface area contributed by atoms with Gasteiger partial charge in [0.25, 0.3) is 0 Å². The third-order valence-corrected chi connectivity index (χ3v) is 2.75. The Bertz CT molecular complexity index is 353. The predicted octanol–water partition coefficient (Wildman–Crippen LogP) is 3.88. The first kappa shape index (κ1) is 18.9. The highest BCUT2D eigenvalue weighted by atomic mass is 16.6. The third-order valence-electron chi connectivity index (χ3n) is 2.75. The second kappa shape index (κ2) is 8.28. The van der Waals surface area contributed by atoms with Gasteiger partial charge >= 0.3 is 0 Å². The van der Waals surface area contributed by atoms with E-state index in [1.54, 1.807) is 0 Å². The van der Waals surface area contributed by atoms with Gasteiger partial charge in [-0.1, -0.05) is 39.5 Å². The molecule has 1 aromatic carbocycles. The van der Waals surface area contributed by atoms with Crippen LogP contribution in [0, 0.1) is 0 Å². The normalized spacial score (nSPS) is 16.1. The number of ether oxygens (including phenoxy) is 2. The van der Waals surface area contributed by atoms with Gasteiger partial charge in [-0.15, -0.1) is 0 Å². The molecule has 20 heavy (non-hydrogen) atoms. The molecule has 1 saturated heterocycles. The quantitative estimate of drug-likeness (QED) is 0.908. The van der Waals surface area contributed by atoms with Crippen LogP contribution < -0.4 is 10.1 Å². The molecule has 1 aromatic rings. The van der Waals surface area contributed by atoms with E-state index in [4.69, 9.17) is 9.47 Å². The van der Waals surface area contributed by atoms with Gasteiger partial charge in [0.2, 0.25) is 0 Å². The summed E-state index contributed by atoms with van der Waals surface area (Å²) < 4.78 is 11.4. The maximum absolute atomic E-state index is 6.05. The van der Waals surface area contributed by atoms with Crippen LogP contribution in [0.1, 0.15) is 42.0 Å². The summed E-state index contributed by atoms with van der Waals surface area (Å²) in [4.78, 5) is 0. The zero-order valence-corrected chi connectivity index (χ0v) is 12.8. The number of rotatable bonds is 4. The number of benzene rings is 1. The molecule has 0 radical (unpaired) electrons. The summed E-state index contributed by atoms with van der Waals surface area (Å²) in [6.45, 7) is 12.6. The highest BCUT2D eigenvalue weighted by molar-refractivity contribution is 5.22. The number of hydrogen-bond acceptors (Lipinski definition) is 3. The van der Waals surface area contributed by atoms with Gasteiger partial charge in [-0.3, -0.25) is 0 Å². The average Bonchev–Trinajstić information content (AvgIpc) is 2.35. The Hall–Kier alpha value is -1.06. The SMILES string of the molecule is C.CC.CC(C)(C)NCC1(Oc2ccccc2)COC1. The third kappa shape index (κ3) is 5.93. The first-order chi connectivity index (χ1) is 8.99. The van der Waals surface area contributed by atoms with Crippen molar-refractivity contribution in [3.63, 3.8) is 0 Å². The summed E-state index contributed by atoms with van der Waals surface area (Å²) in [5, 5.41) is 3.48. The Morgan fingerprint density at radius 1 is 1.15 bits per heavy atom. The Morgan fingerprint density at radius 2 is 1.70 bits per heavy atom. The van der Waals surface area contributed by atoms with Crippen molar-refractivity contribution < 1.29 is 9.47 Å². The molecule has 0 atom stereocenters. The van der Waals surface area contributed by atoms with Crippen molar-refractivity contribution in [2.24, 2.45) is 0 Å². The van der Waals surface area contributed by atoms with Crippen LogP contribution in [0.3, 0.4) is 0 Å². The molecule has 1 heterocycles. The fraction of sp³-hybridized carbons (Fsp3) is 0.647. The zero-order chi connectivity index (χ0) is 14.4. The molecule has 0 aromatic heterocycles. The average molecular weight is 281 g/mol. The molecule has 0 amide bonds. The van der Waals surface area contributed by atoms with Crippen molar-refractivity contribution >= 4 is 0 Å². The molecular weight excluding hydrogens is 250 g/mol. The Kier molecular flexibility index (Phi) is 7.84. The summed E-state index contributed by atoms with van der Waals surface area (Å²) >= 11 is 0. The van der Waals surface area contributed by atoms with E-state index >= 15 is 0 Å². The lowest BCUT2D eigenvalue weighted by Gasteiger charge is -2.43. The van der Waals surface area contributed by atoms with E-state index in [1.165, 1.54) is 0 Å². The van der Waals surface area contributed by atoms with E-state index in [1.807, 2.05) is 44.2 Å². The Morgan fingerprint density at radius 3 is 2.10 bits per heavy atom. The Balaban J connectivity index is 0.00000115. The van der Waals surface area contributed by atoms with Crippen LogP contribution in [0.4, 0.5) is 0 Å². The molecule has 3 heteroatoms. The molecular formula is C17H31NO2. The number of hydrogen-bond donors (Lipinski definition) is 1. The smallest absolute Gasteiger partial charge is 0.167 e. The summed E-state index contributed by atoms with van der Waals surface area (Å²) in [5.74, 6) is 0.909. The lowest BCUT2D eigenvalue weighted by atomic mass is 9.99. The molecule has 0 saturated carbocycles. The van der Waals surface area contributed by atoms with Crippen LogP contribution in [-0.2, 0) is 4.74 Å². The first-order valence-corrected chi connectivity index (χ1v) is 7.06. The molecule has 1 aliphatic heterocycles. The van der Waals surface area contributed by atoms with E-state index in [0.717, 1.165) is 12.3 Å². The maximum atomic E-state index is 6.05. The van der Waals surface area contributed by atoms with E-state index in [2.05, 4.69) is 26.1 Å². The molecule has 1 fully saturated rings. The van der Waals surface area contributed by atoms with Crippen molar-refractivity contribution in [1.29, 1.82) is 0 Å². The van der Waals surface area contributed by atoms with Gasteiger partial charge in [-0.05, 0) is 32.9 Å². The molecule has 1 aliphatic rings. The Labute approximate surface area is 124 Å². The van der Waals surface area contributed by atoms with Gasteiger partial charge in [0, 0.05) is 12.1 Å².